The average molecular weight is 328 g/mol. The fraction of sp³-hybridized carbons (Fsp3) is 0.526. The zero-order valence-corrected chi connectivity index (χ0v) is 14.8. The number of aromatic amines is 1. The van der Waals surface area contributed by atoms with Gasteiger partial charge in [-0.05, 0) is 51.1 Å². The van der Waals surface area contributed by atoms with Crippen LogP contribution in [0.1, 0.15) is 12.1 Å². The van der Waals surface area contributed by atoms with Crippen LogP contribution in [0.15, 0.2) is 30.3 Å². The molecule has 0 unspecified atom stereocenters. The molecule has 1 fully saturated rings. The molecule has 1 saturated heterocycles. The molecule has 1 N–H and O–H groups in total. The summed E-state index contributed by atoms with van der Waals surface area (Å²) in [7, 11) is 4.22. The molecule has 0 spiro atoms. The van der Waals surface area contributed by atoms with Crippen molar-refractivity contribution < 1.29 is 4.79 Å². The summed E-state index contributed by atoms with van der Waals surface area (Å²) in [4.78, 5) is 22.6. The van der Waals surface area contributed by atoms with Crippen LogP contribution >= 0.6 is 0 Å². The lowest BCUT2D eigenvalue weighted by molar-refractivity contribution is -0.132. The molecule has 24 heavy (non-hydrogen) atoms. The number of aromatic nitrogens is 1. The average Bonchev–Trinajstić information content (AvgIpc) is 2.97. The quantitative estimate of drug-likeness (QED) is 0.879. The van der Waals surface area contributed by atoms with Crippen molar-refractivity contribution in [2.24, 2.45) is 0 Å². The molecule has 2 heterocycles. The van der Waals surface area contributed by atoms with Gasteiger partial charge in [-0.25, -0.2) is 0 Å². The van der Waals surface area contributed by atoms with E-state index in [1.807, 2.05) is 17.0 Å². The number of hydrogen-bond acceptors (Lipinski definition) is 3. The van der Waals surface area contributed by atoms with Gasteiger partial charge in [0, 0.05) is 37.4 Å². The van der Waals surface area contributed by atoms with Crippen molar-refractivity contribution in [3.05, 3.63) is 36.0 Å². The highest BCUT2D eigenvalue weighted by atomic mass is 16.2. The molecular weight excluding hydrogens is 300 g/mol. The van der Waals surface area contributed by atoms with Gasteiger partial charge in [-0.1, -0.05) is 18.2 Å². The maximum atomic E-state index is 12.5. The van der Waals surface area contributed by atoms with E-state index in [0.717, 1.165) is 50.5 Å². The van der Waals surface area contributed by atoms with E-state index in [1.54, 1.807) is 0 Å². The minimum absolute atomic E-state index is 0.231. The third-order valence-electron chi connectivity index (χ3n) is 4.73. The summed E-state index contributed by atoms with van der Waals surface area (Å²) in [6, 6.07) is 10.3. The highest BCUT2D eigenvalue weighted by Crippen LogP contribution is 2.16. The van der Waals surface area contributed by atoms with Gasteiger partial charge in [-0.15, -0.1) is 0 Å². The zero-order chi connectivity index (χ0) is 16.9. The lowest BCUT2D eigenvalue weighted by Crippen LogP contribution is -2.49. The second-order valence-electron chi connectivity index (χ2n) is 6.94. The fourth-order valence-corrected chi connectivity index (χ4v) is 3.33. The molecule has 1 aromatic heterocycles. The molecule has 1 aliphatic heterocycles. The number of H-pyrrole nitrogens is 1. The highest BCUT2D eigenvalue weighted by molar-refractivity contribution is 5.84. The summed E-state index contributed by atoms with van der Waals surface area (Å²) in [6.45, 7) is 5.93. The predicted octanol–water partition coefficient (Wildman–Crippen LogP) is 1.81. The van der Waals surface area contributed by atoms with Crippen molar-refractivity contribution in [2.45, 2.75) is 12.8 Å². The van der Waals surface area contributed by atoms with Crippen molar-refractivity contribution >= 4 is 16.8 Å². The van der Waals surface area contributed by atoms with E-state index in [0.29, 0.717) is 6.42 Å². The van der Waals surface area contributed by atoms with Gasteiger partial charge in [0.2, 0.25) is 5.91 Å². The van der Waals surface area contributed by atoms with Gasteiger partial charge in [0.1, 0.15) is 0 Å². The van der Waals surface area contributed by atoms with Crippen molar-refractivity contribution in [2.75, 3.05) is 53.4 Å². The van der Waals surface area contributed by atoms with Crippen LogP contribution in [0, 0.1) is 0 Å². The van der Waals surface area contributed by atoms with E-state index in [2.05, 4.69) is 47.1 Å². The Balaban J connectivity index is 1.46. The topological polar surface area (TPSA) is 42.6 Å². The van der Waals surface area contributed by atoms with E-state index < -0.39 is 0 Å². The molecule has 0 bridgehead atoms. The molecule has 3 rings (SSSR count). The maximum Gasteiger partial charge on any atom is 0.228 e. The summed E-state index contributed by atoms with van der Waals surface area (Å²) in [5.74, 6) is 0.231. The summed E-state index contributed by atoms with van der Waals surface area (Å²) < 4.78 is 0. The fourth-order valence-electron chi connectivity index (χ4n) is 3.33. The van der Waals surface area contributed by atoms with Crippen molar-refractivity contribution in [1.82, 2.24) is 19.7 Å². The molecular formula is C19H28N4O. The van der Waals surface area contributed by atoms with E-state index in [-0.39, 0.29) is 5.91 Å². The smallest absolute Gasteiger partial charge is 0.228 e. The third-order valence-corrected chi connectivity index (χ3v) is 4.73. The molecule has 2 aromatic rings. The predicted molar refractivity (Wildman–Crippen MR) is 98.2 cm³/mol. The van der Waals surface area contributed by atoms with Crippen LogP contribution in [-0.4, -0.2) is 79.0 Å². The molecule has 5 heteroatoms. The van der Waals surface area contributed by atoms with E-state index in [1.165, 1.54) is 11.8 Å². The summed E-state index contributed by atoms with van der Waals surface area (Å²) >= 11 is 0. The van der Waals surface area contributed by atoms with Crippen LogP contribution in [0.4, 0.5) is 0 Å². The number of carbonyl (C=O) groups excluding carboxylic acids is 1. The van der Waals surface area contributed by atoms with Crippen LogP contribution < -0.4 is 0 Å². The van der Waals surface area contributed by atoms with E-state index in [9.17, 15) is 4.79 Å². The third kappa shape index (κ3) is 4.36. The number of nitrogens with one attached hydrogen (secondary N) is 1. The SMILES string of the molecule is CN(C)CCCN1CCN(C(=O)Cc2cc3ccccc3[nH]2)CC1. The number of rotatable bonds is 6. The van der Waals surface area contributed by atoms with Crippen LogP contribution in [0.3, 0.4) is 0 Å². The Morgan fingerprint density at radius 2 is 1.92 bits per heavy atom. The maximum absolute atomic E-state index is 12.5. The van der Waals surface area contributed by atoms with Crippen LogP contribution in [0.5, 0.6) is 0 Å². The number of amides is 1. The number of hydrogen-bond donors (Lipinski definition) is 1. The van der Waals surface area contributed by atoms with Crippen molar-refractivity contribution in [1.29, 1.82) is 0 Å². The lowest BCUT2D eigenvalue weighted by Gasteiger charge is -2.35. The van der Waals surface area contributed by atoms with Gasteiger partial charge < -0.3 is 14.8 Å². The van der Waals surface area contributed by atoms with Gasteiger partial charge in [0.25, 0.3) is 0 Å². The molecule has 1 amide bonds. The second-order valence-corrected chi connectivity index (χ2v) is 6.94. The standard InChI is InChI=1S/C19H28N4O/c1-21(2)8-5-9-22-10-12-23(13-11-22)19(24)15-17-14-16-6-3-4-7-18(16)20-17/h3-4,6-7,14,20H,5,8-13,15H2,1-2H3. The number of piperazine rings is 1. The molecule has 0 atom stereocenters. The molecule has 1 aromatic carbocycles. The van der Waals surface area contributed by atoms with Crippen molar-refractivity contribution in [3.8, 4) is 0 Å². The Morgan fingerprint density at radius 3 is 2.62 bits per heavy atom. The molecule has 130 valence electrons. The molecule has 0 radical (unpaired) electrons. The molecule has 1 aliphatic rings. The molecule has 0 aliphatic carbocycles. The minimum Gasteiger partial charge on any atom is -0.358 e. The molecule has 5 nitrogen and oxygen atoms in total. The first-order valence-corrected chi connectivity index (χ1v) is 8.83. The number of benzene rings is 1. The van der Waals surface area contributed by atoms with Gasteiger partial charge in [0.05, 0.1) is 6.42 Å². The van der Waals surface area contributed by atoms with E-state index >= 15 is 0 Å². The minimum atomic E-state index is 0.231. The second kappa shape index (κ2) is 7.81. The molecule has 0 saturated carbocycles. The number of nitrogens with zero attached hydrogens (tertiary/aromatic N) is 3. The Kier molecular flexibility index (Phi) is 5.53. The largest absolute Gasteiger partial charge is 0.358 e. The lowest BCUT2D eigenvalue weighted by atomic mass is 10.2. The Hall–Kier alpha value is -1.85. The first-order valence-electron chi connectivity index (χ1n) is 8.83. The Morgan fingerprint density at radius 1 is 1.17 bits per heavy atom. The van der Waals surface area contributed by atoms with Crippen LogP contribution in [-0.2, 0) is 11.2 Å². The van der Waals surface area contributed by atoms with Gasteiger partial charge in [-0.3, -0.25) is 9.69 Å². The van der Waals surface area contributed by atoms with E-state index in [4.69, 9.17) is 0 Å². The monoisotopic (exact) mass is 328 g/mol. The summed E-state index contributed by atoms with van der Waals surface area (Å²) in [5.41, 5.74) is 2.11. The van der Waals surface area contributed by atoms with Crippen LogP contribution in [0.25, 0.3) is 10.9 Å². The Bertz CT molecular complexity index is 638. The number of carbonyl (C=O) groups is 1. The first-order chi connectivity index (χ1) is 11.6. The Labute approximate surface area is 144 Å². The first kappa shape index (κ1) is 17.0. The normalized spacial score (nSPS) is 16.2. The zero-order valence-electron chi connectivity index (χ0n) is 14.8. The summed E-state index contributed by atoms with van der Waals surface area (Å²) in [5, 5.41) is 1.17. The number of fused-ring (bicyclic) bond motifs is 1. The summed E-state index contributed by atoms with van der Waals surface area (Å²) in [6.07, 6.45) is 1.66. The van der Waals surface area contributed by atoms with Gasteiger partial charge >= 0.3 is 0 Å². The van der Waals surface area contributed by atoms with Gasteiger partial charge in [0.15, 0.2) is 0 Å². The highest BCUT2D eigenvalue weighted by Gasteiger charge is 2.21. The number of para-hydroxylation sites is 1. The van der Waals surface area contributed by atoms with Crippen molar-refractivity contribution in [3.63, 3.8) is 0 Å². The van der Waals surface area contributed by atoms with Crippen LogP contribution in [0.2, 0.25) is 0 Å². The van der Waals surface area contributed by atoms with Gasteiger partial charge in [-0.2, -0.15) is 0 Å².